The van der Waals surface area contributed by atoms with Crippen LogP contribution in [0.15, 0.2) is 36.4 Å². The number of Topliss-reactive ketones (excluding diaryl/α,β-unsaturated/α-hetero) is 1. The minimum atomic E-state index is -0.950. The summed E-state index contributed by atoms with van der Waals surface area (Å²) in [6.45, 7) is 1.89. The molecule has 6 heteroatoms. The summed E-state index contributed by atoms with van der Waals surface area (Å²) in [5, 5.41) is 3.44. The van der Waals surface area contributed by atoms with Crippen molar-refractivity contribution in [2.24, 2.45) is 0 Å². The Kier molecular flexibility index (Phi) is 5.32. The van der Waals surface area contributed by atoms with Crippen LogP contribution in [0.5, 0.6) is 0 Å². The van der Waals surface area contributed by atoms with Crippen LogP contribution in [0.1, 0.15) is 72.3 Å². The van der Waals surface area contributed by atoms with E-state index in [-0.39, 0.29) is 11.7 Å². The zero-order valence-corrected chi connectivity index (χ0v) is 18.8. The molecule has 1 amide bonds. The summed E-state index contributed by atoms with van der Waals surface area (Å²) < 4.78 is 5.68. The van der Waals surface area contributed by atoms with Crippen molar-refractivity contribution in [2.45, 2.75) is 69.4 Å². The van der Waals surface area contributed by atoms with Crippen LogP contribution in [0.3, 0.4) is 0 Å². The van der Waals surface area contributed by atoms with Crippen LogP contribution >= 0.6 is 11.6 Å². The number of esters is 1. The summed E-state index contributed by atoms with van der Waals surface area (Å²) in [4.78, 5) is 38.2. The Hall–Kier alpha value is -2.66. The second-order valence-corrected chi connectivity index (χ2v) is 9.69. The summed E-state index contributed by atoms with van der Waals surface area (Å²) in [6.07, 6.45) is 6.18. The molecule has 1 unspecified atom stereocenters. The summed E-state index contributed by atoms with van der Waals surface area (Å²) in [5.41, 5.74) is 2.78. The minimum absolute atomic E-state index is 0.0634. The molecule has 32 heavy (non-hydrogen) atoms. The van der Waals surface area contributed by atoms with Crippen molar-refractivity contribution in [1.82, 2.24) is 5.32 Å². The van der Waals surface area contributed by atoms with Gasteiger partial charge in [-0.1, -0.05) is 30.2 Å². The first-order chi connectivity index (χ1) is 15.4. The highest BCUT2D eigenvalue weighted by Crippen LogP contribution is 2.45. The van der Waals surface area contributed by atoms with Gasteiger partial charge in [0.15, 0.2) is 11.4 Å². The highest BCUT2D eigenvalue weighted by Gasteiger charge is 2.56. The Balaban J connectivity index is 1.41. The summed E-state index contributed by atoms with van der Waals surface area (Å²) in [5.74, 6) is -1.56. The van der Waals surface area contributed by atoms with E-state index in [2.05, 4.69) is 5.32 Å². The number of hydrogen-bond donors (Lipinski definition) is 1. The summed E-state index contributed by atoms with van der Waals surface area (Å²) >= 11 is 6.62. The first kappa shape index (κ1) is 21.2. The van der Waals surface area contributed by atoms with Gasteiger partial charge < -0.3 is 10.1 Å². The number of benzene rings is 2. The first-order valence-electron chi connectivity index (χ1n) is 11.4. The lowest BCUT2D eigenvalue weighted by atomic mass is 9.77. The standard InChI is InChI=1S/C26H26ClNO4/c1-15-13-20(16-5-7-17(8-6-16)24(30)28-18-9-10-18)21(27)14-19(15)22-23(29)26(32-25(22)31)11-3-2-4-12-26/h5-8,13-14,18,22H,2-4,9-12H2,1H3,(H,28,30). The number of aryl methyl sites for hydroxylation is 1. The molecular formula is C26H26ClNO4. The van der Waals surface area contributed by atoms with Gasteiger partial charge in [-0.2, -0.15) is 0 Å². The van der Waals surface area contributed by atoms with E-state index in [0.29, 0.717) is 35.0 Å². The molecule has 2 aliphatic carbocycles. The molecule has 5 nitrogen and oxygen atoms in total. The number of carbonyl (C=O) groups excluding carboxylic acids is 3. The van der Waals surface area contributed by atoms with Crippen molar-refractivity contribution in [3.8, 4) is 11.1 Å². The molecule has 3 fully saturated rings. The van der Waals surface area contributed by atoms with Crippen LogP contribution in [-0.4, -0.2) is 29.3 Å². The Labute approximate surface area is 192 Å². The number of amides is 1. The molecule has 0 radical (unpaired) electrons. The second kappa shape index (κ2) is 8.04. The fraction of sp³-hybridized carbons (Fsp3) is 0.423. The molecule has 2 saturated carbocycles. The smallest absolute Gasteiger partial charge is 0.322 e. The van der Waals surface area contributed by atoms with E-state index in [1.165, 1.54) is 0 Å². The first-order valence-corrected chi connectivity index (χ1v) is 11.7. The van der Waals surface area contributed by atoms with Gasteiger partial charge in [-0.15, -0.1) is 0 Å². The number of ketones is 1. The van der Waals surface area contributed by atoms with Gasteiger partial charge >= 0.3 is 5.97 Å². The largest absolute Gasteiger partial charge is 0.450 e. The molecule has 1 spiro atoms. The van der Waals surface area contributed by atoms with Gasteiger partial charge in [0.25, 0.3) is 5.91 Å². The zero-order chi connectivity index (χ0) is 22.5. The van der Waals surface area contributed by atoms with E-state index in [1.54, 1.807) is 18.2 Å². The normalized spacial score (nSPS) is 22.1. The second-order valence-electron chi connectivity index (χ2n) is 9.29. The number of nitrogens with one attached hydrogen (secondary N) is 1. The highest BCUT2D eigenvalue weighted by molar-refractivity contribution is 6.33. The van der Waals surface area contributed by atoms with E-state index >= 15 is 0 Å². The van der Waals surface area contributed by atoms with Gasteiger partial charge in [-0.3, -0.25) is 14.4 Å². The SMILES string of the molecule is Cc1cc(-c2ccc(C(=O)NC3CC3)cc2)c(Cl)cc1C1C(=O)OC2(CCCCC2)C1=O. The fourth-order valence-electron chi connectivity index (χ4n) is 4.94. The van der Waals surface area contributed by atoms with E-state index < -0.39 is 17.5 Å². The molecule has 5 rings (SSSR count). The summed E-state index contributed by atoms with van der Waals surface area (Å²) in [7, 11) is 0. The number of carbonyl (C=O) groups is 3. The minimum Gasteiger partial charge on any atom is -0.450 e. The third-order valence-corrected chi connectivity index (χ3v) is 7.25. The van der Waals surface area contributed by atoms with Gasteiger partial charge in [-0.25, -0.2) is 0 Å². The van der Waals surface area contributed by atoms with Crippen molar-refractivity contribution in [3.63, 3.8) is 0 Å². The maximum Gasteiger partial charge on any atom is 0.322 e. The lowest BCUT2D eigenvalue weighted by Crippen LogP contribution is -2.39. The van der Waals surface area contributed by atoms with E-state index in [9.17, 15) is 14.4 Å². The average molecular weight is 452 g/mol. The van der Waals surface area contributed by atoms with E-state index in [0.717, 1.165) is 48.8 Å². The van der Waals surface area contributed by atoms with E-state index in [4.69, 9.17) is 16.3 Å². The van der Waals surface area contributed by atoms with Gasteiger partial charge in [-0.05, 0) is 86.4 Å². The highest BCUT2D eigenvalue weighted by atomic mass is 35.5. The summed E-state index contributed by atoms with van der Waals surface area (Å²) in [6, 6.07) is 11.3. The van der Waals surface area contributed by atoms with Crippen LogP contribution in [0.2, 0.25) is 5.02 Å². The predicted molar refractivity (Wildman–Crippen MR) is 122 cm³/mol. The van der Waals surface area contributed by atoms with Crippen molar-refractivity contribution in [1.29, 1.82) is 0 Å². The molecule has 2 aromatic carbocycles. The van der Waals surface area contributed by atoms with Crippen LogP contribution < -0.4 is 5.32 Å². The molecule has 1 saturated heterocycles. The number of halogens is 1. The third-order valence-electron chi connectivity index (χ3n) is 6.94. The maximum absolute atomic E-state index is 13.3. The van der Waals surface area contributed by atoms with E-state index in [1.807, 2.05) is 25.1 Å². The monoisotopic (exact) mass is 451 g/mol. The molecule has 2 aromatic rings. The zero-order valence-electron chi connectivity index (χ0n) is 18.1. The quantitative estimate of drug-likeness (QED) is 0.517. The Bertz CT molecular complexity index is 1100. The maximum atomic E-state index is 13.3. The van der Waals surface area contributed by atoms with Crippen molar-refractivity contribution >= 4 is 29.3 Å². The van der Waals surface area contributed by atoms with Crippen LogP contribution in [0.4, 0.5) is 0 Å². The Morgan fingerprint density at radius 3 is 2.41 bits per heavy atom. The van der Waals surface area contributed by atoms with Gasteiger partial charge in [0, 0.05) is 22.2 Å². The molecule has 0 bridgehead atoms. The van der Waals surface area contributed by atoms with Gasteiger partial charge in [0.2, 0.25) is 0 Å². The number of rotatable bonds is 4. The third kappa shape index (κ3) is 3.73. The Morgan fingerprint density at radius 1 is 1.06 bits per heavy atom. The topological polar surface area (TPSA) is 72.5 Å². The molecule has 1 N–H and O–H groups in total. The van der Waals surface area contributed by atoms with Crippen molar-refractivity contribution in [2.75, 3.05) is 0 Å². The molecule has 3 aliphatic rings. The predicted octanol–water partition coefficient (Wildman–Crippen LogP) is 5.12. The van der Waals surface area contributed by atoms with Crippen LogP contribution in [0.25, 0.3) is 11.1 Å². The average Bonchev–Trinajstić information content (AvgIpc) is 3.57. The lowest BCUT2D eigenvalue weighted by molar-refractivity contribution is -0.154. The Morgan fingerprint density at radius 2 is 1.75 bits per heavy atom. The van der Waals surface area contributed by atoms with Crippen LogP contribution in [-0.2, 0) is 14.3 Å². The lowest BCUT2D eigenvalue weighted by Gasteiger charge is -2.29. The number of ether oxygens (including phenoxy) is 1. The fourth-order valence-corrected chi connectivity index (χ4v) is 5.22. The number of hydrogen-bond acceptors (Lipinski definition) is 4. The molecule has 0 aromatic heterocycles. The molecule has 1 heterocycles. The van der Waals surface area contributed by atoms with Crippen molar-refractivity contribution < 1.29 is 19.1 Å². The van der Waals surface area contributed by atoms with Crippen LogP contribution in [0, 0.1) is 6.92 Å². The molecule has 1 atom stereocenters. The van der Waals surface area contributed by atoms with Gasteiger partial charge in [0.05, 0.1) is 0 Å². The molecule has 166 valence electrons. The molecule has 1 aliphatic heterocycles. The van der Waals surface area contributed by atoms with Crippen molar-refractivity contribution in [3.05, 3.63) is 58.1 Å². The molecular weight excluding hydrogens is 426 g/mol. The van der Waals surface area contributed by atoms with Gasteiger partial charge in [0.1, 0.15) is 5.92 Å².